The lowest BCUT2D eigenvalue weighted by Crippen LogP contribution is -2.18. The summed E-state index contributed by atoms with van der Waals surface area (Å²) in [6.45, 7) is 4.74. The number of furan rings is 1. The maximum absolute atomic E-state index is 11.1. The maximum atomic E-state index is 11.1. The van der Waals surface area contributed by atoms with Crippen LogP contribution < -0.4 is 11.1 Å². The Bertz CT molecular complexity index is 562. The fourth-order valence-corrected chi connectivity index (χ4v) is 1.95. The van der Waals surface area contributed by atoms with Gasteiger partial charge in [-0.25, -0.2) is 0 Å². The molecule has 0 aliphatic carbocycles. The van der Waals surface area contributed by atoms with Gasteiger partial charge in [0.05, 0.1) is 12.3 Å². The van der Waals surface area contributed by atoms with E-state index in [0.29, 0.717) is 12.1 Å². The molecule has 0 saturated heterocycles. The smallest absolute Gasteiger partial charge is 0.248 e. The van der Waals surface area contributed by atoms with E-state index in [1.807, 2.05) is 38.1 Å². The van der Waals surface area contributed by atoms with E-state index in [1.54, 1.807) is 12.3 Å². The summed E-state index contributed by atoms with van der Waals surface area (Å²) in [5.41, 5.74) is 7.99. The molecule has 0 bridgehead atoms. The molecule has 1 heterocycles. The lowest BCUT2D eigenvalue weighted by atomic mass is 10.0. The summed E-state index contributed by atoms with van der Waals surface area (Å²) in [5.74, 6) is 0.512. The van der Waals surface area contributed by atoms with Gasteiger partial charge in [0.2, 0.25) is 5.91 Å². The Kier molecular flexibility index (Phi) is 4.02. The van der Waals surface area contributed by atoms with Crippen LogP contribution in [0.3, 0.4) is 0 Å². The minimum absolute atomic E-state index is 0.144. The molecule has 2 aromatic rings. The highest BCUT2D eigenvalue weighted by atomic mass is 16.3. The standard InChI is InChI=1S/C15H18N2O2/c1-10-8-12(15(16)18)5-6-13(10)9-17-11(2)14-4-3-7-19-14/h3-8,11,17H,9H2,1-2H3,(H2,16,18)/t11-/m0/s1. The van der Waals surface area contributed by atoms with Gasteiger partial charge in [0.25, 0.3) is 0 Å². The van der Waals surface area contributed by atoms with Crippen LogP contribution in [0.2, 0.25) is 0 Å². The molecule has 0 unspecified atom stereocenters. The van der Waals surface area contributed by atoms with Crippen molar-refractivity contribution in [3.05, 3.63) is 59.0 Å². The van der Waals surface area contributed by atoms with E-state index < -0.39 is 5.91 Å². The third-order valence-corrected chi connectivity index (χ3v) is 3.20. The molecule has 0 spiro atoms. The second kappa shape index (κ2) is 5.71. The fraction of sp³-hybridized carbons (Fsp3) is 0.267. The van der Waals surface area contributed by atoms with E-state index >= 15 is 0 Å². The molecule has 4 heteroatoms. The second-order valence-electron chi connectivity index (χ2n) is 4.62. The Balaban J connectivity index is 2.02. The predicted molar refractivity (Wildman–Crippen MR) is 73.7 cm³/mol. The summed E-state index contributed by atoms with van der Waals surface area (Å²) in [6, 6.07) is 9.46. The van der Waals surface area contributed by atoms with Crippen LogP contribution >= 0.6 is 0 Å². The van der Waals surface area contributed by atoms with Crippen molar-refractivity contribution in [3.63, 3.8) is 0 Å². The average molecular weight is 258 g/mol. The van der Waals surface area contributed by atoms with E-state index in [2.05, 4.69) is 5.32 Å². The Hall–Kier alpha value is -2.07. The number of amides is 1. The van der Waals surface area contributed by atoms with Crippen LogP contribution in [-0.2, 0) is 6.54 Å². The molecule has 1 atom stereocenters. The van der Waals surface area contributed by atoms with Gasteiger partial charge in [-0.2, -0.15) is 0 Å². The molecule has 100 valence electrons. The van der Waals surface area contributed by atoms with Gasteiger partial charge in [-0.15, -0.1) is 0 Å². The van der Waals surface area contributed by atoms with E-state index in [0.717, 1.165) is 16.9 Å². The van der Waals surface area contributed by atoms with Crippen molar-refractivity contribution >= 4 is 5.91 Å². The largest absolute Gasteiger partial charge is 0.468 e. The van der Waals surface area contributed by atoms with Crippen LogP contribution in [0.25, 0.3) is 0 Å². The van der Waals surface area contributed by atoms with Crippen molar-refractivity contribution in [1.82, 2.24) is 5.32 Å². The molecule has 3 N–H and O–H groups in total. The number of hydrogen-bond acceptors (Lipinski definition) is 3. The Morgan fingerprint density at radius 3 is 2.79 bits per heavy atom. The van der Waals surface area contributed by atoms with Gasteiger partial charge in [-0.1, -0.05) is 6.07 Å². The van der Waals surface area contributed by atoms with Crippen LogP contribution in [0.4, 0.5) is 0 Å². The number of hydrogen-bond donors (Lipinski definition) is 2. The normalized spacial score (nSPS) is 12.3. The molecule has 2 rings (SSSR count). The summed E-state index contributed by atoms with van der Waals surface area (Å²) in [7, 11) is 0. The number of nitrogens with one attached hydrogen (secondary N) is 1. The Morgan fingerprint density at radius 1 is 1.42 bits per heavy atom. The van der Waals surface area contributed by atoms with Crippen molar-refractivity contribution in [2.75, 3.05) is 0 Å². The molecular weight excluding hydrogens is 240 g/mol. The lowest BCUT2D eigenvalue weighted by Gasteiger charge is -2.13. The molecular formula is C15H18N2O2. The Labute approximate surface area is 112 Å². The summed E-state index contributed by atoms with van der Waals surface area (Å²) >= 11 is 0. The monoisotopic (exact) mass is 258 g/mol. The predicted octanol–water partition coefficient (Wildman–Crippen LogP) is 2.54. The molecule has 1 aromatic carbocycles. The van der Waals surface area contributed by atoms with Gasteiger partial charge in [0.15, 0.2) is 0 Å². The summed E-state index contributed by atoms with van der Waals surface area (Å²) in [6.07, 6.45) is 1.67. The summed E-state index contributed by atoms with van der Waals surface area (Å²) in [5, 5.41) is 3.38. The third-order valence-electron chi connectivity index (χ3n) is 3.20. The van der Waals surface area contributed by atoms with E-state index in [-0.39, 0.29) is 6.04 Å². The minimum atomic E-state index is -0.397. The van der Waals surface area contributed by atoms with E-state index in [9.17, 15) is 4.79 Å². The molecule has 0 saturated carbocycles. The number of primary amides is 1. The topological polar surface area (TPSA) is 68.3 Å². The first-order chi connectivity index (χ1) is 9.08. The van der Waals surface area contributed by atoms with Crippen LogP contribution in [0.5, 0.6) is 0 Å². The van der Waals surface area contributed by atoms with Crippen LogP contribution in [0.15, 0.2) is 41.0 Å². The number of carbonyl (C=O) groups excluding carboxylic acids is 1. The van der Waals surface area contributed by atoms with E-state index in [1.165, 1.54) is 0 Å². The molecule has 0 fully saturated rings. The number of nitrogens with two attached hydrogens (primary N) is 1. The summed E-state index contributed by atoms with van der Waals surface area (Å²) in [4.78, 5) is 11.1. The lowest BCUT2D eigenvalue weighted by molar-refractivity contribution is 0.1000. The molecule has 1 aromatic heterocycles. The molecule has 19 heavy (non-hydrogen) atoms. The van der Waals surface area contributed by atoms with Gasteiger partial charge >= 0.3 is 0 Å². The average Bonchev–Trinajstić information content (AvgIpc) is 2.90. The SMILES string of the molecule is Cc1cc(C(N)=O)ccc1CN[C@@H](C)c1ccco1. The zero-order valence-electron chi connectivity index (χ0n) is 11.1. The highest BCUT2D eigenvalue weighted by molar-refractivity contribution is 5.93. The van der Waals surface area contributed by atoms with Crippen molar-refractivity contribution in [2.45, 2.75) is 26.4 Å². The molecule has 4 nitrogen and oxygen atoms in total. The molecule has 0 aliphatic rings. The van der Waals surface area contributed by atoms with Crippen molar-refractivity contribution < 1.29 is 9.21 Å². The first kappa shape index (κ1) is 13.4. The zero-order valence-corrected chi connectivity index (χ0v) is 11.1. The van der Waals surface area contributed by atoms with Crippen LogP contribution in [0, 0.1) is 6.92 Å². The van der Waals surface area contributed by atoms with Gasteiger partial charge in [-0.05, 0) is 49.2 Å². The first-order valence-corrected chi connectivity index (χ1v) is 6.24. The fourth-order valence-electron chi connectivity index (χ4n) is 1.95. The van der Waals surface area contributed by atoms with Gasteiger partial charge in [0.1, 0.15) is 5.76 Å². The van der Waals surface area contributed by atoms with Crippen molar-refractivity contribution in [1.29, 1.82) is 0 Å². The molecule has 0 radical (unpaired) electrons. The Morgan fingerprint density at radius 2 is 2.21 bits per heavy atom. The molecule has 1 amide bonds. The number of carbonyl (C=O) groups is 1. The minimum Gasteiger partial charge on any atom is -0.468 e. The highest BCUT2D eigenvalue weighted by Gasteiger charge is 2.09. The summed E-state index contributed by atoms with van der Waals surface area (Å²) < 4.78 is 5.34. The third kappa shape index (κ3) is 3.23. The molecule has 0 aliphatic heterocycles. The van der Waals surface area contributed by atoms with Crippen molar-refractivity contribution in [3.8, 4) is 0 Å². The zero-order chi connectivity index (χ0) is 13.8. The quantitative estimate of drug-likeness (QED) is 0.866. The van der Waals surface area contributed by atoms with Crippen LogP contribution in [0.1, 0.15) is 40.2 Å². The van der Waals surface area contributed by atoms with E-state index in [4.69, 9.17) is 10.2 Å². The van der Waals surface area contributed by atoms with Gasteiger partial charge in [-0.3, -0.25) is 4.79 Å². The first-order valence-electron chi connectivity index (χ1n) is 6.24. The van der Waals surface area contributed by atoms with Crippen LogP contribution in [-0.4, -0.2) is 5.91 Å². The van der Waals surface area contributed by atoms with Gasteiger partial charge in [0, 0.05) is 12.1 Å². The number of rotatable bonds is 5. The maximum Gasteiger partial charge on any atom is 0.248 e. The van der Waals surface area contributed by atoms with Gasteiger partial charge < -0.3 is 15.5 Å². The van der Waals surface area contributed by atoms with Crippen molar-refractivity contribution in [2.24, 2.45) is 5.73 Å². The second-order valence-corrected chi connectivity index (χ2v) is 4.62. The number of benzene rings is 1. The number of aryl methyl sites for hydroxylation is 1. The highest BCUT2D eigenvalue weighted by Crippen LogP contribution is 2.15.